The van der Waals surface area contributed by atoms with E-state index in [0.717, 1.165) is 12.8 Å². The van der Waals surface area contributed by atoms with Gasteiger partial charge in [0.1, 0.15) is 6.54 Å². The van der Waals surface area contributed by atoms with Gasteiger partial charge in [-0.2, -0.15) is 0 Å². The summed E-state index contributed by atoms with van der Waals surface area (Å²) in [5.41, 5.74) is 0. The van der Waals surface area contributed by atoms with Gasteiger partial charge in [0.15, 0.2) is 0 Å². The Morgan fingerprint density at radius 1 is 1.47 bits per heavy atom. The number of rotatable bonds is 3. The number of carbonyl (C=O) groups is 3. The van der Waals surface area contributed by atoms with Gasteiger partial charge in [-0.1, -0.05) is 0 Å². The molecule has 7 heteroatoms. The van der Waals surface area contributed by atoms with Crippen molar-refractivity contribution in [2.75, 3.05) is 38.4 Å². The molecule has 2 aliphatic heterocycles. The van der Waals surface area contributed by atoms with Crippen LogP contribution in [0.4, 0.5) is 0 Å². The molecule has 2 heterocycles. The van der Waals surface area contributed by atoms with Crippen LogP contribution in [-0.4, -0.2) is 66.0 Å². The maximum atomic E-state index is 12.1. The van der Waals surface area contributed by atoms with E-state index in [0.29, 0.717) is 24.7 Å². The Morgan fingerprint density at radius 2 is 2.26 bits per heavy atom. The summed E-state index contributed by atoms with van der Waals surface area (Å²) in [5, 5.41) is 0. The molecule has 2 fully saturated rings. The fourth-order valence-electron chi connectivity index (χ4n) is 2.37. The second-order valence-corrected chi connectivity index (χ2v) is 5.73. The number of amides is 2. The molecule has 0 N–H and O–H groups in total. The van der Waals surface area contributed by atoms with Gasteiger partial charge >= 0.3 is 5.97 Å². The predicted octanol–water partition coefficient (Wildman–Crippen LogP) is -0.0691. The SMILES string of the molecule is COC(=O)C1CCCN(C(=O)CN2CSCC2=O)C1. The Kier molecular flexibility index (Phi) is 4.68. The summed E-state index contributed by atoms with van der Waals surface area (Å²) in [6, 6.07) is 0. The van der Waals surface area contributed by atoms with E-state index in [-0.39, 0.29) is 30.2 Å². The number of hydrogen-bond acceptors (Lipinski definition) is 5. The van der Waals surface area contributed by atoms with Crippen LogP contribution in [0.15, 0.2) is 0 Å². The van der Waals surface area contributed by atoms with Crippen LogP contribution < -0.4 is 0 Å². The lowest BCUT2D eigenvalue weighted by molar-refractivity contribution is -0.149. The molecule has 0 radical (unpaired) electrons. The van der Waals surface area contributed by atoms with Crippen molar-refractivity contribution >= 4 is 29.5 Å². The molecular formula is C12H18N2O4S. The number of likely N-dealkylation sites (tertiary alicyclic amines) is 1. The minimum Gasteiger partial charge on any atom is -0.469 e. The van der Waals surface area contributed by atoms with Gasteiger partial charge in [0.2, 0.25) is 11.8 Å². The third-order valence-corrected chi connectivity index (χ3v) is 4.41. The Morgan fingerprint density at radius 3 is 2.89 bits per heavy atom. The lowest BCUT2D eigenvalue weighted by Crippen LogP contribution is -2.47. The molecule has 2 aliphatic rings. The number of esters is 1. The first-order valence-corrected chi connectivity index (χ1v) is 7.48. The number of hydrogen-bond donors (Lipinski definition) is 0. The number of ether oxygens (including phenoxy) is 1. The van der Waals surface area contributed by atoms with Gasteiger partial charge in [0.25, 0.3) is 0 Å². The van der Waals surface area contributed by atoms with Gasteiger partial charge in [-0.3, -0.25) is 14.4 Å². The highest BCUT2D eigenvalue weighted by Crippen LogP contribution is 2.19. The summed E-state index contributed by atoms with van der Waals surface area (Å²) < 4.78 is 4.72. The molecule has 0 aromatic heterocycles. The molecule has 1 atom stereocenters. The second-order valence-electron chi connectivity index (χ2n) is 4.77. The van der Waals surface area contributed by atoms with Crippen LogP contribution in [0.5, 0.6) is 0 Å². The van der Waals surface area contributed by atoms with Crippen molar-refractivity contribution in [2.24, 2.45) is 5.92 Å². The molecule has 2 amide bonds. The van der Waals surface area contributed by atoms with Crippen molar-refractivity contribution in [3.8, 4) is 0 Å². The van der Waals surface area contributed by atoms with Gasteiger partial charge in [-0.15, -0.1) is 11.8 Å². The zero-order valence-corrected chi connectivity index (χ0v) is 11.8. The van der Waals surface area contributed by atoms with Gasteiger partial charge in [0.05, 0.1) is 24.7 Å². The van der Waals surface area contributed by atoms with Crippen molar-refractivity contribution in [2.45, 2.75) is 12.8 Å². The highest BCUT2D eigenvalue weighted by molar-refractivity contribution is 8.00. The number of methoxy groups -OCH3 is 1. The van der Waals surface area contributed by atoms with Gasteiger partial charge in [-0.05, 0) is 12.8 Å². The standard InChI is InChI=1S/C12H18N2O4S/c1-18-12(17)9-3-2-4-13(5-9)10(15)6-14-8-19-7-11(14)16/h9H,2-8H2,1H3. The average molecular weight is 286 g/mol. The molecule has 0 aromatic carbocycles. The lowest BCUT2D eigenvalue weighted by Gasteiger charge is -2.32. The van der Waals surface area contributed by atoms with Crippen LogP contribution in [0.2, 0.25) is 0 Å². The van der Waals surface area contributed by atoms with E-state index in [1.807, 2.05) is 0 Å². The molecule has 2 rings (SSSR count). The molecule has 0 aromatic rings. The highest BCUT2D eigenvalue weighted by Gasteiger charge is 2.31. The first-order chi connectivity index (χ1) is 9.11. The fourth-order valence-corrected chi connectivity index (χ4v) is 3.27. The van der Waals surface area contributed by atoms with Crippen molar-refractivity contribution in [1.29, 1.82) is 0 Å². The van der Waals surface area contributed by atoms with Crippen LogP contribution in [0.25, 0.3) is 0 Å². The molecule has 0 spiro atoms. The summed E-state index contributed by atoms with van der Waals surface area (Å²) in [6.07, 6.45) is 1.56. The maximum absolute atomic E-state index is 12.1. The minimum atomic E-state index is -0.259. The first-order valence-electron chi connectivity index (χ1n) is 6.33. The monoisotopic (exact) mass is 286 g/mol. The Labute approximate surface area is 116 Å². The minimum absolute atomic E-state index is 0.0138. The summed E-state index contributed by atoms with van der Waals surface area (Å²) in [4.78, 5) is 38.3. The van der Waals surface area contributed by atoms with Crippen molar-refractivity contribution in [3.05, 3.63) is 0 Å². The first kappa shape index (κ1) is 14.2. The Balaban J connectivity index is 1.88. The van der Waals surface area contributed by atoms with E-state index in [4.69, 9.17) is 4.74 Å². The second kappa shape index (κ2) is 6.27. The van der Waals surface area contributed by atoms with Crippen LogP contribution >= 0.6 is 11.8 Å². The van der Waals surface area contributed by atoms with E-state index < -0.39 is 0 Å². The third-order valence-electron chi connectivity index (χ3n) is 3.46. The smallest absolute Gasteiger partial charge is 0.310 e. The largest absolute Gasteiger partial charge is 0.469 e. The third kappa shape index (κ3) is 3.40. The highest BCUT2D eigenvalue weighted by atomic mass is 32.2. The number of carbonyl (C=O) groups excluding carboxylic acids is 3. The number of thioether (sulfide) groups is 1. The molecule has 0 saturated carbocycles. The normalized spacial score (nSPS) is 23.6. The van der Waals surface area contributed by atoms with Crippen LogP contribution in [0.3, 0.4) is 0 Å². The average Bonchev–Trinajstić information content (AvgIpc) is 2.83. The van der Waals surface area contributed by atoms with Crippen molar-refractivity contribution in [3.63, 3.8) is 0 Å². The summed E-state index contributed by atoms with van der Waals surface area (Å²) in [5.74, 6) is 0.484. The molecule has 0 bridgehead atoms. The molecule has 2 saturated heterocycles. The van der Waals surface area contributed by atoms with Crippen LogP contribution in [0.1, 0.15) is 12.8 Å². The summed E-state index contributed by atoms with van der Waals surface area (Å²) >= 11 is 1.52. The van der Waals surface area contributed by atoms with Gasteiger partial charge in [0, 0.05) is 13.1 Å². The topological polar surface area (TPSA) is 66.9 Å². The van der Waals surface area contributed by atoms with Gasteiger partial charge in [-0.25, -0.2) is 0 Å². The number of piperidine rings is 1. The molecule has 106 valence electrons. The summed E-state index contributed by atoms with van der Waals surface area (Å²) in [7, 11) is 1.36. The van der Waals surface area contributed by atoms with Gasteiger partial charge < -0.3 is 14.5 Å². The Hall–Kier alpha value is -1.24. The molecule has 1 unspecified atom stereocenters. The summed E-state index contributed by atoms with van der Waals surface area (Å²) in [6.45, 7) is 1.18. The van der Waals surface area contributed by atoms with E-state index >= 15 is 0 Å². The fraction of sp³-hybridized carbons (Fsp3) is 0.750. The van der Waals surface area contributed by atoms with E-state index in [1.165, 1.54) is 18.9 Å². The zero-order valence-electron chi connectivity index (χ0n) is 11.0. The quantitative estimate of drug-likeness (QED) is 0.680. The molecule has 19 heavy (non-hydrogen) atoms. The van der Waals surface area contributed by atoms with Crippen LogP contribution in [-0.2, 0) is 19.1 Å². The van der Waals surface area contributed by atoms with Crippen LogP contribution in [0, 0.1) is 5.92 Å². The molecule has 6 nitrogen and oxygen atoms in total. The van der Waals surface area contributed by atoms with Crippen molar-refractivity contribution in [1.82, 2.24) is 9.80 Å². The maximum Gasteiger partial charge on any atom is 0.310 e. The van der Waals surface area contributed by atoms with E-state index in [1.54, 1.807) is 9.80 Å². The lowest BCUT2D eigenvalue weighted by atomic mass is 9.98. The zero-order chi connectivity index (χ0) is 13.8. The molecule has 0 aliphatic carbocycles. The number of nitrogens with zero attached hydrogens (tertiary/aromatic N) is 2. The van der Waals surface area contributed by atoms with E-state index in [2.05, 4.69) is 0 Å². The van der Waals surface area contributed by atoms with Crippen molar-refractivity contribution < 1.29 is 19.1 Å². The predicted molar refractivity (Wildman–Crippen MR) is 70.4 cm³/mol. The Bertz CT molecular complexity index is 388. The van der Waals surface area contributed by atoms with E-state index in [9.17, 15) is 14.4 Å². The molecular weight excluding hydrogens is 268 g/mol.